The van der Waals surface area contributed by atoms with E-state index in [0.717, 1.165) is 16.7 Å². The first-order chi connectivity index (χ1) is 7.90. The van der Waals surface area contributed by atoms with Crippen LogP contribution in [0.3, 0.4) is 0 Å². The molecular weight excluding hydrogens is 212 g/mol. The molecule has 0 aliphatic heterocycles. The molecular formula is C15H24O2. The maximum absolute atomic E-state index is 10.4. The predicted molar refractivity (Wildman–Crippen MR) is 71.8 cm³/mol. The van der Waals surface area contributed by atoms with E-state index < -0.39 is 0 Å². The molecule has 1 unspecified atom stereocenters. The van der Waals surface area contributed by atoms with Crippen molar-refractivity contribution < 1.29 is 10.2 Å². The largest absolute Gasteiger partial charge is 0.507 e. The molecule has 0 bridgehead atoms. The van der Waals surface area contributed by atoms with Crippen molar-refractivity contribution in [3.05, 3.63) is 28.8 Å². The van der Waals surface area contributed by atoms with Gasteiger partial charge in [-0.15, -0.1) is 0 Å². The Morgan fingerprint density at radius 1 is 0.941 bits per heavy atom. The molecule has 2 heteroatoms. The van der Waals surface area contributed by atoms with Crippen LogP contribution in [0.4, 0.5) is 0 Å². The minimum absolute atomic E-state index is 0.0221. The van der Waals surface area contributed by atoms with Crippen molar-refractivity contribution >= 4 is 0 Å². The molecule has 0 fully saturated rings. The molecule has 17 heavy (non-hydrogen) atoms. The summed E-state index contributed by atoms with van der Waals surface area (Å²) in [4.78, 5) is 0. The van der Waals surface area contributed by atoms with E-state index in [0.29, 0.717) is 17.6 Å². The Balaban J connectivity index is 3.42. The number of aliphatic hydroxyl groups is 1. The number of benzene rings is 1. The molecule has 1 atom stereocenters. The minimum atomic E-state index is -0.0221. The maximum Gasteiger partial charge on any atom is 0.122 e. The standard InChI is InChI=1S/C15H24O2/c1-9(2)12-6-7-13(10(3)4)15(17)14(12)11(5)8-16/h6-7,9-11,16-17H,8H2,1-5H3. The summed E-state index contributed by atoms with van der Waals surface area (Å²) in [5, 5.41) is 19.7. The van der Waals surface area contributed by atoms with E-state index in [1.54, 1.807) is 0 Å². The van der Waals surface area contributed by atoms with Gasteiger partial charge in [0.2, 0.25) is 0 Å². The second-order valence-electron chi connectivity index (χ2n) is 5.40. The number of aromatic hydroxyl groups is 1. The second kappa shape index (κ2) is 5.54. The van der Waals surface area contributed by atoms with Gasteiger partial charge in [0, 0.05) is 18.1 Å². The third kappa shape index (κ3) is 2.81. The first-order valence-corrected chi connectivity index (χ1v) is 6.36. The van der Waals surface area contributed by atoms with Crippen molar-refractivity contribution in [3.63, 3.8) is 0 Å². The smallest absolute Gasteiger partial charge is 0.122 e. The van der Waals surface area contributed by atoms with Gasteiger partial charge >= 0.3 is 0 Å². The molecule has 2 N–H and O–H groups in total. The van der Waals surface area contributed by atoms with Gasteiger partial charge in [0.1, 0.15) is 5.75 Å². The van der Waals surface area contributed by atoms with Crippen LogP contribution < -0.4 is 0 Å². The minimum Gasteiger partial charge on any atom is -0.507 e. The fourth-order valence-electron chi connectivity index (χ4n) is 2.22. The van der Waals surface area contributed by atoms with E-state index in [2.05, 4.69) is 33.8 Å². The van der Waals surface area contributed by atoms with Gasteiger partial charge in [0.05, 0.1) is 0 Å². The summed E-state index contributed by atoms with van der Waals surface area (Å²) in [5.41, 5.74) is 3.01. The van der Waals surface area contributed by atoms with Gasteiger partial charge in [-0.25, -0.2) is 0 Å². The molecule has 0 saturated carbocycles. The number of aliphatic hydroxyl groups excluding tert-OH is 1. The van der Waals surface area contributed by atoms with Gasteiger partial charge in [-0.2, -0.15) is 0 Å². The summed E-state index contributed by atoms with van der Waals surface area (Å²) in [5.74, 6) is 0.991. The third-order valence-corrected chi connectivity index (χ3v) is 3.29. The van der Waals surface area contributed by atoms with Crippen LogP contribution in [0, 0.1) is 0 Å². The van der Waals surface area contributed by atoms with Gasteiger partial charge in [0.15, 0.2) is 0 Å². The van der Waals surface area contributed by atoms with Crippen molar-refractivity contribution in [3.8, 4) is 5.75 Å². The molecule has 96 valence electrons. The number of rotatable bonds is 4. The fourth-order valence-corrected chi connectivity index (χ4v) is 2.22. The first-order valence-electron chi connectivity index (χ1n) is 6.36. The highest BCUT2D eigenvalue weighted by atomic mass is 16.3. The van der Waals surface area contributed by atoms with Crippen LogP contribution in [0.2, 0.25) is 0 Å². The molecule has 0 radical (unpaired) electrons. The molecule has 2 nitrogen and oxygen atoms in total. The Morgan fingerprint density at radius 3 is 1.82 bits per heavy atom. The third-order valence-electron chi connectivity index (χ3n) is 3.29. The molecule has 0 heterocycles. The van der Waals surface area contributed by atoms with Crippen molar-refractivity contribution in [2.45, 2.75) is 52.4 Å². The zero-order valence-corrected chi connectivity index (χ0v) is 11.5. The van der Waals surface area contributed by atoms with Crippen molar-refractivity contribution in [2.24, 2.45) is 0 Å². The molecule has 1 rings (SSSR count). The SMILES string of the molecule is CC(C)c1ccc(C(C)C)c(C(C)CO)c1O. The highest BCUT2D eigenvalue weighted by Crippen LogP contribution is 2.38. The summed E-state index contributed by atoms with van der Waals surface area (Å²) in [6.45, 7) is 10.4. The van der Waals surface area contributed by atoms with Crippen LogP contribution in [0.5, 0.6) is 5.75 Å². The summed E-state index contributed by atoms with van der Waals surface area (Å²) in [6, 6.07) is 4.09. The lowest BCUT2D eigenvalue weighted by Crippen LogP contribution is -2.07. The number of phenols is 1. The average molecular weight is 236 g/mol. The van der Waals surface area contributed by atoms with E-state index in [9.17, 15) is 10.2 Å². The maximum atomic E-state index is 10.4. The average Bonchev–Trinajstić information content (AvgIpc) is 2.26. The van der Waals surface area contributed by atoms with E-state index >= 15 is 0 Å². The van der Waals surface area contributed by atoms with Gasteiger partial charge in [-0.3, -0.25) is 0 Å². The Kier molecular flexibility index (Phi) is 4.58. The van der Waals surface area contributed by atoms with Crippen LogP contribution in [0.1, 0.15) is 69.1 Å². The van der Waals surface area contributed by atoms with E-state index in [1.807, 2.05) is 13.0 Å². The van der Waals surface area contributed by atoms with Gasteiger partial charge in [-0.05, 0) is 23.0 Å². The number of hydrogen-bond acceptors (Lipinski definition) is 2. The Labute approximate surface area is 104 Å². The summed E-state index contributed by atoms with van der Waals surface area (Å²) in [6.07, 6.45) is 0. The summed E-state index contributed by atoms with van der Waals surface area (Å²) >= 11 is 0. The lowest BCUT2D eigenvalue weighted by molar-refractivity contribution is 0.269. The highest BCUT2D eigenvalue weighted by Gasteiger charge is 2.20. The molecule has 0 aliphatic rings. The molecule has 0 saturated heterocycles. The molecule has 0 spiro atoms. The van der Waals surface area contributed by atoms with Gasteiger partial charge in [-0.1, -0.05) is 46.8 Å². The number of phenolic OH excluding ortho intramolecular Hbond substituents is 1. The lowest BCUT2D eigenvalue weighted by Gasteiger charge is -2.22. The molecule has 1 aromatic rings. The normalized spacial score (nSPS) is 13.4. The monoisotopic (exact) mass is 236 g/mol. The summed E-state index contributed by atoms with van der Waals surface area (Å²) in [7, 11) is 0. The molecule has 0 aliphatic carbocycles. The second-order valence-corrected chi connectivity index (χ2v) is 5.40. The fraction of sp³-hybridized carbons (Fsp3) is 0.600. The Bertz CT molecular complexity index is 381. The predicted octanol–water partition coefficient (Wildman–Crippen LogP) is 3.73. The highest BCUT2D eigenvalue weighted by molar-refractivity contribution is 5.49. The molecule has 1 aromatic carbocycles. The van der Waals surface area contributed by atoms with Crippen molar-refractivity contribution in [2.75, 3.05) is 6.61 Å². The molecule has 0 aromatic heterocycles. The van der Waals surface area contributed by atoms with Crippen LogP contribution in [0.25, 0.3) is 0 Å². The summed E-state index contributed by atoms with van der Waals surface area (Å²) < 4.78 is 0. The molecule has 0 amide bonds. The number of hydrogen-bond donors (Lipinski definition) is 2. The van der Waals surface area contributed by atoms with Crippen molar-refractivity contribution in [1.29, 1.82) is 0 Å². The van der Waals surface area contributed by atoms with Crippen LogP contribution >= 0.6 is 0 Å². The Hall–Kier alpha value is -1.02. The lowest BCUT2D eigenvalue weighted by atomic mass is 9.85. The van der Waals surface area contributed by atoms with Crippen LogP contribution in [-0.4, -0.2) is 16.8 Å². The Morgan fingerprint density at radius 2 is 1.41 bits per heavy atom. The van der Waals surface area contributed by atoms with Crippen molar-refractivity contribution in [1.82, 2.24) is 0 Å². The topological polar surface area (TPSA) is 40.5 Å². The zero-order chi connectivity index (χ0) is 13.2. The van der Waals surface area contributed by atoms with E-state index in [4.69, 9.17) is 0 Å². The van der Waals surface area contributed by atoms with Crippen LogP contribution in [-0.2, 0) is 0 Å². The van der Waals surface area contributed by atoms with Gasteiger partial charge in [0.25, 0.3) is 0 Å². The quantitative estimate of drug-likeness (QED) is 0.836. The first kappa shape index (κ1) is 14.0. The van der Waals surface area contributed by atoms with E-state index in [1.165, 1.54) is 0 Å². The van der Waals surface area contributed by atoms with Crippen LogP contribution in [0.15, 0.2) is 12.1 Å². The van der Waals surface area contributed by atoms with E-state index in [-0.39, 0.29) is 12.5 Å². The van der Waals surface area contributed by atoms with Gasteiger partial charge < -0.3 is 10.2 Å². The zero-order valence-electron chi connectivity index (χ0n) is 11.5.